The maximum absolute atomic E-state index is 13.1. The Morgan fingerprint density at radius 3 is 2.33 bits per heavy atom. The molecule has 0 bridgehead atoms. The van der Waals surface area contributed by atoms with E-state index in [1.807, 2.05) is 0 Å². The molecule has 0 unspecified atom stereocenters. The van der Waals surface area contributed by atoms with Crippen LogP contribution >= 0.6 is 0 Å². The molecular formula is C7H5F2NO4S. The minimum atomic E-state index is -5.29. The van der Waals surface area contributed by atoms with E-state index in [1.54, 1.807) is 0 Å². The van der Waals surface area contributed by atoms with E-state index in [9.17, 15) is 26.8 Å². The molecule has 1 aromatic rings. The first-order chi connectivity index (χ1) is 6.73. The van der Waals surface area contributed by atoms with Crippen molar-refractivity contribution in [2.75, 3.05) is 0 Å². The molecule has 5 nitrogen and oxygen atoms in total. The Morgan fingerprint density at radius 2 is 1.93 bits per heavy atom. The first kappa shape index (κ1) is 11.5. The predicted molar refractivity (Wildman–Crippen MR) is 46.1 cm³/mol. The molecule has 0 aliphatic rings. The summed E-state index contributed by atoms with van der Waals surface area (Å²) in [6, 6.07) is 1.17. The molecule has 1 aromatic carbocycles. The highest BCUT2D eigenvalue weighted by Gasteiger charge is 2.23. The fourth-order valence-corrected chi connectivity index (χ4v) is 1.64. The minimum Gasteiger partial charge on any atom is -0.258 e. The van der Waals surface area contributed by atoms with Crippen LogP contribution in [-0.2, 0) is 10.2 Å². The first-order valence-corrected chi connectivity index (χ1v) is 5.01. The van der Waals surface area contributed by atoms with Crippen molar-refractivity contribution in [2.24, 2.45) is 0 Å². The number of nitro benzene ring substituents is 1. The number of nitro groups is 1. The number of nitrogens with zero attached hydrogens (tertiary/aromatic N) is 1. The lowest BCUT2D eigenvalue weighted by Gasteiger charge is -2.01. The van der Waals surface area contributed by atoms with E-state index in [4.69, 9.17) is 0 Å². The van der Waals surface area contributed by atoms with Gasteiger partial charge >= 0.3 is 10.2 Å². The van der Waals surface area contributed by atoms with E-state index >= 15 is 0 Å². The van der Waals surface area contributed by atoms with Gasteiger partial charge in [0.25, 0.3) is 5.69 Å². The number of rotatable bonds is 2. The molecule has 0 spiro atoms. The third kappa shape index (κ3) is 2.27. The maximum atomic E-state index is 13.1. The third-order valence-corrected chi connectivity index (χ3v) is 2.50. The molecule has 0 aromatic heterocycles. The van der Waals surface area contributed by atoms with Crippen LogP contribution in [0.1, 0.15) is 5.56 Å². The average Bonchev–Trinajstić information content (AvgIpc) is 2.06. The van der Waals surface area contributed by atoms with Crippen LogP contribution in [0.5, 0.6) is 0 Å². The predicted octanol–water partition coefficient (Wildman–Crippen LogP) is 1.70. The highest BCUT2D eigenvalue weighted by molar-refractivity contribution is 7.86. The van der Waals surface area contributed by atoms with Crippen LogP contribution in [-0.4, -0.2) is 13.3 Å². The summed E-state index contributed by atoms with van der Waals surface area (Å²) in [5.74, 6) is -1.32. The lowest BCUT2D eigenvalue weighted by Crippen LogP contribution is -2.01. The number of hydrogen-bond donors (Lipinski definition) is 0. The van der Waals surface area contributed by atoms with Gasteiger partial charge in [0, 0.05) is 12.1 Å². The van der Waals surface area contributed by atoms with Crippen molar-refractivity contribution < 1.29 is 21.6 Å². The summed E-state index contributed by atoms with van der Waals surface area (Å²) in [5.41, 5.74) is -0.981. The van der Waals surface area contributed by atoms with Gasteiger partial charge in [0.05, 0.1) is 4.92 Å². The molecular weight excluding hydrogens is 232 g/mol. The summed E-state index contributed by atoms with van der Waals surface area (Å²) in [5, 5.41) is 10.3. The van der Waals surface area contributed by atoms with Crippen molar-refractivity contribution in [2.45, 2.75) is 11.8 Å². The molecule has 0 saturated carbocycles. The van der Waals surface area contributed by atoms with Gasteiger partial charge in [0.2, 0.25) is 0 Å². The van der Waals surface area contributed by atoms with E-state index in [0.717, 1.165) is 13.0 Å². The zero-order valence-electron chi connectivity index (χ0n) is 7.40. The lowest BCUT2D eigenvalue weighted by molar-refractivity contribution is -0.385. The monoisotopic (exact) mass is 237 g/mol. The highest BCUT2D eigenvalue weighted by Crippen LogP contribution is 2.25. The molecule has 0 N–H and O–H groups in total. The van der Waals surface area contributed by atoms with Gasteiger partial charge in [0.1, 0.15) is 10.7 Å². The Labute approximate surface area is 83.7 Å². The fraction of sp³-hybridized carbons (Fsp3) is 0.143. The molecule has 0 atom stereocenters. The van der Waals surface area contributed by atoms with Crippen LogP contribution in [0.2, 0.25) is 0 Å². The SMILES string of the molecule is Cc1cc([N+](=O)[O-])cc(S(=O)(=O)F)c1F. The van der Waals surface area contributed by atoms with Crippen LogP contribution < -0.4 is 0 Å². The zero-order valence-corrected chi connectivity index (χ0v) is 8.22. The van der Waals surface area contributed by atoms with Crippen LogP contribution in [0.15, 0.2) is 17.0 Å². The largest absolute Gasteiger partial charge is 0.335 e. The first-order valence-electron chi connectivity index (χ1n) is 3.62. The van der Waals surface area contributed by atoms with E-state index < -0.39 is 31.5 Å². The molecule has 0 amide bonds. The van der Waals surface area contributed by atoms with Crippen LogP contribution in [0.3, 0.4) is 0 Å². The summed E-state index contributed by atoms with van der Waals surface area (Å²) < 4.78 is 46.5. The van der Waals surface area contributed by atoms with Gasteiger partial charge in [0.15, 0.2) is 0 Å². The van der Waals surface area contributed by atoms with Crippen molar-refractivity contribution >= 4 is 15.9 Å². The Balaban J connectivity index is 3.59. The molecule has 0 saturated heterocycles. The molecule has 0 fully saturated rings. The number of aryl methyl sites for hydroxylation is 1. The second-order valence-corrected chi connectivity index (χ2v) is 4.09. The average molecular weight is 237 g/mol. The molecule has 0 aliphatic carbocycles. The molecule has 8 heteroatoms. The Hall–Kier alpha value is -1.57. The number of benzene rings is 1. The van der Waals surface area contributed by atoms with Gasteiger partial charge in [-0.1, -0.05) is 0 Å². The molecule has 0 aliphatic heterocycles. The van der Waals surface area contributed by atoms with Gasteiger partial charge < -0.3 is 0 Å². The zero-order chi connectivity index (χ0) is 11.8. The van der Waals surface area contributed by atoms with E-state index in [0.29, 0.717) is 6.07 Å². The van der Waals surface area contributed by atoms with Gasteiger partial charge in [-0.15, -0.1) is 3.89 Å². The van der Waals surface area contributed by atoms with Crippen molar-refractivity contribution in [1.29, 1.82) is 0 Å². The van der Waals surface area contributed by atoms with Crippen LogP contribution in [0, 0.1) is 22.9 Å². The Kier molecular flexibility index (Phi) is 2.71. The second-order valence-electron chi connectivity index (χ2n) is 2.77. The number of halogens is 2. The van der Waals surface area contributed by atoms with E-state index in [1.165, 1.54) is 0 Å². The van der Waals surface area contributed by atoms with Gasteiger partial charge in [-0.05, 0) is 12.5 Å². The van der Waals surface area contributed by atoms with E-state index in [-0.39, 0.29) is 5.56 Å². The van der Waals surface area contributed by atoms with Crippen molar-refractivity contribution in [3.8, 4) is 0 Å². The minimum absolute atomic E-state index is 0.305. The van der Waals surface area contributed by atoms with Gasteiger partial charge in [-0.2, -0.15) is 8.42 Å². The lowest BCUT2D eigenvalue weighted by atomic mass is 10.2. The third-order valence-electron chi connectivity index (χ3n) is 1.68. The van der Waals surface area contributed by atoms with Gasteiger partial charge in [-0.3, -0.25) is 10.1 Å². The normalized spacial score (nSPS) is 11.4. The maximum Gasteiger partial charge on any atom is 0.335 e. The quantitative estimate of drug-likeness (QED) is 0.445. The summed E-state index contributed by atoms with van der Waals surface area (Å²) in [7, 11) is -5.29. The molecule has 0 radical (unpaired) electrons. The molecule has 82 valence electrons. The Morgan fingerprint density at radius 1 is 1.40 bits per heavy atom. The molecule has 0 heterocycles. The molecule has 15 heavy (non-hydrogen) atoms. The Bertz CT molecular complexity index is 526. The second kappa shape index (κ2) is 3.54. The topological polar surface area (TPSA) is 77.3 Å². The fourth-order valence-electron chi connectivity index (χ4n) is 1.00. The molecule has 1 rings (SSSR count). The van der Waals surface area contributed by atoms with E-state index in [2.05, 4.69) is 0 Å². The van der Waals surface area contributed by atoms with Crippen LogP contribution in [0.25, 0.3) is 0 Å². The van der Waals surface area contributed by atoms with Crippen molar-refractivity contribution in [3.63, 3.8) is 0 Å². The van der Waals surface area contributed by atoms with Crippen molar-refractivity contribution in [3.05, 3.63) is 33.6 Å². The number of non-ortho nitro benzene ring substituents is 1. The summed E-state index contributed by atoms with van der Waals surface area (Å²) >= 11 is 0. The van der Waals surface area contributed by atoms with Crippen LogP contribution in [0.4, 0.5) is 14.0 Å². The number of hydrogen-bond acceptors (Lipinski definition) is 4. The highest BCUT2D eigenvalue weighted by atomic mass is 32.3. The van der Waals surface area contributed by atoms with Gasteiger partial charge in [-0.25, -0.2) is 4.39 Å². The summed E-state index contributed by atoms with van der Waals surface area (Å²) in [4.78, 5) is 8.07. The summed E-state index contributed by atoms with van der Waals surface area (Å²) in [6.07, 6.45) is 0. The standard InChI is InChI=1S/C7H5F2NO4S/c1-4-2-5(10(11)12)3-6(7(4)8)15(9,13)14/h2-3H,1H3. The smallest absolute Gasteiger partial charge is 0.258 e. The van der Waals surface area contributed by atoms with Crippen molar-refractivity contribution in [1.82, 2.24) is 0 Å². The summed E-state index contributed by atoms with van der Waals surface area (Å²) in [6.45, 7) is 1.11.